The fraction of sp³-hybridized carbons (Fsp3) is 0. The van der Waals surface area contributed by atoms with Crippen molar-refractivity contribution in [1.29, 1.82) is 0 Å². The van der Waals surface area contributed by atoms with Gasteiger partial charge in [0.05, 0.1) is 0 Å². The molecule has 47 heavy (non-hydrogen) atoms. The van der Waals surface area contributed by atoms with Gasteiger partial charge in [-0.2, -0.15) is 0 Å². The lowest BCUT2D eigenvalue weighted by atomic mass is 9.85. The van der Waals surface area contributed by atoms with Crippen molar-refractivity contribution in [2.75, 3.05) is 0 Å². The van der Waals surface area contributed by atoms with Crippen molar-refractivity contribution in [3.8, 4) is 33.4 Å². The first-order chi connectivity index (χ1) is 23.3. The summed E-state index contributed by atoms with van der Waals surface area (Å²) in [4.78, 5) is 0. The number of fused-ring (bicyclic) bond motifs is 8. The van der Waals surface area contributed by atoms with Gasteiger partial charge in [-0.25, -0.2) is 0 Å². The van der Waals surface area contributed by atoms with Crippen LogP contribution in [0.3, 0.4) is 0 Å². The van der Waals surface area contributed by atoms with Gasteiger partial charge in [-0.3, -0.25) is 0 Å². The Labute approximate surface area is 276 Å². The monoisotopic (exact) mass is 612 g/mol. The first kappa shape index (κ1) is 26.5. The smallest absolute Gasteiger partial charge is 0.0434 e. The maximum absolute atomic E-state index is 2.37. The molecule has 0 saturated carbocycles. The Morgan fingerprint density at radius 3 is 1.53 bits per heavy atom. The van der Waals surface area contributed by atoms with Crippen LogP contribution in [0.5, 0.6) is 0 Å². The van der Waals surface area contributed by atoms with E-state index in [9.17, 15) is 0 Å². The first-order valence-corrected chi connectivity index (χ1v) is 17.0. The second-order valence-corrected chi connectivity index (χ2v) is 13.5. The zero-order valence-corrected chi connectivity index (χ0v) is 26.4. The van der Waals surface area contributed by atoms with Crippen LogP contribution in [-0.4, -0.2) is 0 Å². The third-order valence-corrected chi connectivity index (χ3v) is 11.1. The Morgan fingerprint density at radius 2 is 0.809 bits per heavy atom. The van der Waals surface area contributed by atoms with Crippen LogP contribution in [0.1, 0.15) is 0 Å². The highest BCUT2D eigenvalue weighted by Crippen LogP contribution is 2.48. The van der Waals surface area contributed by atoms with E-state index in [1.807, 2.05) is 11.3 Å². The van der Waals surface area contributed by atoms with Crippen LogP contribution in [-0.2, 0) is 0 Å². The van der Waals surface area contributed by atoms with E-state index >= 15 is 0 Å². The van der Waals surface area contributed by atoms with E-state index in [1.165, 1.54) is 96.6 Å². The Bertz CT molecular complexity index is 2780. The highest BCUT2D eigenvalue weighted by molar-refractivity contribution is 7.27. The molecule has 0 aliphatic rings. The molecular formula is C46H28S. The van der Waals surface area contributed by atoms with Crippen LogP contribution >= 0.6 is 11.3 Å². The van der Waals surface area contributed by atoms with E-state index in [0.29, 0.717) is 0 Å². The first-order valence-electron chi connectivity index (χ1n) is 16.2. The van der Waals surface area contributed by atoms with Gasteiger partial charge in [-0.1, -0.05) is 158 Å². The predicted octanol–water partition coefficient (Wildman–Crippen LogP) is 13.7. The van der Waals surface area contributed by atoms with Gasteiger partial charge in [-0.15, -0.1) is 11.3 Å². The fourth-order valence-corrected chi connectivity index (χ4v) is 9.02. The molecule has 0 spiro atoms. The van der Waals surface area contributed by atoms with Gasteiger partial charge in [0.25, 0.3) is 0 Å². The highest BCUT2D eigenvalue weighted by Gasteiger charge is 2.20. The summed E-state index contributed by atoms with van der Waals surface area (Å²) < 4.78 is 2.71. The van der Waals surface area contributed by atoms with Gasteiger partial charge in [0.15, 0.2) is 0 Å². The summed E-state index contributed by atoms with van der Waals surface area (Å²) >= 11 is 1.93. The Morgan fingerprint density at radius 1 is 0.277 bits per heavy atom. The Hall–Kier alpha value is -5.76. The Kier molecular flexibility index (Phi) is 5.85. The number of benzene rings is 9. The zero-order chi connectivity index (χ0) is 30.9. The van der Waals surface area contributed by atoms with E-state index in [1.54, 1.807) is 0 Å². The summed E-state index contributed by atoms with van der Waals surface area (Å²) in [6.45, 7) is 0. The zero-order valence-electron chi connectivity index (χ0n) is 25.6. The molecule has 1 aromatic heterocycles. The molecule has 10 rings (SSSR count). The summed E-state index contributed by atoms with van der Waals surface area (Å²) in [5, 5.41) is 12.9. The number of rotatable bonds is 3. The van der Waals surface area contributed by atoms with E-state index in [-0.39, 0.29) is 0 Å². The standard InChI is InChI=1S/C46H28S/c1-2-11-29(12-3-1)31-21-22-33-28-34(24-23-32(33)27-31)43-36-15-6-8-17-38(36)44(39-18-9-7-16-37(39)43)42-20-10-19-40-41-26-25-30-13-4-5-14-35(30)45(41)47-46(40)42/h1-28H. The largest absolute Gasteiger partial charge is 0.134 e. The predicted molar refractivity (Wildman–Crippen MR) is 206 cm³/mol. The normalized spacial score (nSPS) is 11.8. The molecule has 0 radical (unpaired) electrons. The van der Waals surface area contributed by atoms with E-state index in [4.69, 9.17) is 0 Å². The quantitative estimate of drug-likeness (QED) is 0.174. The minimum Gasteiger partial charge on any atom is -0.134 e. The molecule has 1 heterocycles. The summed E-state index contributed by atoms with van der Waals surface area (Å²) in [5.74, 6) is 0. The van der Waals surface area contributed by atoms with Crippen molar-refractivity contribution < 1.29 is 0 Å². The lowest BCUT2D eigenvalue weighted by Crippen LogP contribution is -1.91. The number of hydrogen-bond acceptors (Lipinski definition) is 1. The van der Waals surface area contributed by atoms with Crippen LogP contribution in [0.4, 0.5) is 0 Å². The third kappa shape index (κ3) is 4.07. The van der Waals surface area contributed by atoms with Crippen molar-refractivity contribution in [1.82, 2.24) is 0 Å². The topological polar surface area (TPSA) is 0 Å². The van der Waals surface area contributed by atoms with E-state index in [2.05, 4.69) is 170 Å². The average Bonchev–Trinajstić information content (AvgIpc) is 3.54. The van der Waals surface area contributed by atoms with Crippen molar-refractivity contribution in [3.05, 3.63) is 170 Å². The van der Waals surface area contributed by atoms with Crippen LogP contribution in [0.25, 0.3) is 96.6 Å². The maximum Gasteiger partial charge on any atom is 0.0434 e. The van der Waals surface area contributed by atoms with E-state index < -0.39 is 0 Å². The molecule has 10 aromatic rings. The molecule has 0 nitrogen and oxygen atoms in total. The summed E-state index contributed by atoms with van der Waals surface area (Å²) in [5.41, 5.74) is 7.65. The third-order valence-electron chi connectivity index (χ3n) is 9.83. The molecule has 0 amide bonds. The molecule has 0 N–H and O–H groups in total. The van der Waals surface area contributed by atoms with Crippen LogP contribution < -0.4 is 0 Å². The molecule has 9 aromatic carbocycles. The molecule has 0 unspecified atom stereocenters. The molecular weight excluding hydrogens is 585 g/mol. The fourth-order valence-electron chi connectivity index (χ4n) is 7.66. The molecule has 218 valence electrons. The van der Waals surface area contributed by atoms with Gasteiger partial charge in [0.1, 0.15) is 0 Å². The molecule has 0 aliphatic heterocycles. The summed E-state index contributed by atoms with van der Waals surface area (Å²) in [6, 6.07) is 62.6. The number of thiophene rings is 1. The lowest BCUT2D eigenvalue weighted by Gasteiger charge is -2.18. The van der Waals surface area contributed by atoms with Crippen LogP contribution in [0.2, 0.25) is 0 Å². The van der Waals surface area contributed by atoms with Crippen molar-refractivity contribution >= 4 is 74.6 Å². The molecule has 0 aliphatic carbocycles. The summed E-state index contributed by atoms with van der Waals surface area (Å²) in [6.07, 6.45) is 0. The lowest BCUT2D eigenvalue weighted by molar-refractivity contribution is 1.64. The molecule has 0 bridgehead atoms. The second kappa shape index (κ2) is 10.4. The maximum atomic E-state index is 2.37. The molecule has 0 atom stereocenters. The van der Waals surface area contributed by atoms with Gasteiger partial charge in [0.2, 0.25) is 0 Å². The second-order valence-electron chi connectivity index (χ2n) is 12.4. The van der Waals surface area contributed by atoms with Crippen molar-refractivity contribution in [2.45, 2.75) is 0 Å². The van der Waals surface area contributed by atoms with Crippen LogP contribution in [0.15, 0.2) is 170 Å². The van der Waals surface area contributed by atoms with Crippen LogP contribution in [0, 0.1) is 0 Å². The van der Waals surface area contributed by atoms with Gasteiger partial charge >= 0.3 is 0 Å². The minimum absolute atomic E-state index is 1.24. The molecule has 1 heteroatoms. The van der Waals surface area contributed by atoms with Crippen molar-refractivity contribution in [2.24, 2.45) is 0 Å². The molecule has 0 fully saturated rings. The van der Waals surface area contributed by atoms with Gasteiger partial charge in [-0.05, 0) is 83.0 Å². The van der Waals surface area contributed by atoms with Gasteiger partial charge in [0, 0.05) is 25.7 Å². The van der Waals surface area contributed by atoms with Crippen molar-refractivity contribution in [3.63, 3.8) is 0 Å². The Balaban J connectivity index is 1.24. The molecule has 0 saturated heterocycles. The average molecular weight is 613 g/mol. The summed E-state index contributed by atoms with van der Waals surface area (Å²) in [7, 11) is 0. The van der Waals surface area contributed by atoms with Gasteiger partial charge < -0.3 is 0 Å². The highest BCUT2D eigenvalue weighted by atomic mass is 32.1. The van der Waals surface area contributed by atoms with E-state index in [0.717, 1.165) is 0 Å². The number of hydrogen-bond donors (Lipinski definition) is 0. The SMILES string of the molecule is c1ccc(-c2ccc3cc(-c4c5ccccc5c(-c5cccc6c5sc5c7ccccc7ccc65)c5ccccc45)ccc3c2)cc1. The minimum atomic E-state index is 1.24.